The summed E-state index contributed by atoms with van der Waals surface area (Å²) in [6.07, 6.45) is 0. The van der Waals surface area contributed by atoms with Crippen LogP contribution in [0.5, 0.6) is 11.5 Å². The van der Waals surface area contributed by atoms with Crippen molar-refractivity contribution < 1.29 is 14.5 Å². The number of non-ortho nitro benzene ring substituents is 1. The van der Waals surface area contributed by atoms with Gasteiger partial charge in [0, 0.05) is 16.6 Å². The maximum atomic E-state index is 11.6. The molecule has 0 bridgehead atoms. The van der Waals surface area contributed by atoms with E-state index < -0.39 is 4.92 Å². The van der Waals surface area contributed by atoms with Crippen LogP contribution in [0.2, 0.25) is 0 Å². The Morgan fingerprint density at radius 1 is 1.25 bits per heavy atom. The topological polar surface area (TPSA) is 69.4 Å². The summed E-state index contributed by atoms with van der Waals surface area (Å²) in [5.74, 6) is 0.538. The highest BCUT2D eigenvalue weighted by Crippen LogP contribution is 2.30. The molecule has 0 aliphatic rings. The van der Waals surface area contributed by atoms with E-state index in [4.69, 9.17) is 4.74 Å². The van der Waals surface area contributed by atoms with E-state index in [0.29, 0.717) is 11.5 Å². The highest BCUT2D eigenvalue weighted by molar-refractivity contribution is 9.10. The van der Waals surface area contributed by atoms with Gasteiger partial charge in [-0.15, -0.1) is 0 Å². The van der Waals surface area contributed by atoms with Gasteiger partial charge in [-0.25, -0.2) is 0 Å². The smallest absolute Gasteiger partial charge is 0.270 e. The van der Waals surface area contributed by atoms with Crippen LogP contribution >= 0.6 is 15.9 Å². The highest BCUT2D eigenvalue weighted by atomic mass is 79.9. The summed E-state index contributed by atoms with van der Waals surface area (Å²) in [4.78, 5) is 21.8. The number of ketones is 1. The largest absolute Gasteiger partial charge is 0.457 e. The fraction of sp³-hybridized carbons (Fsp3) is 0.0714. The van der Waals surface area contributed by atoms with Gasteiger partial charge >= 0.3 is 0 Å². The first-order chi connectivity index (χ1) is 9.47. The number of nitro groups is 1. The minimum Gasteiger partial charge on any atom is -0.457 e. The van der Waals surface area contributed by atoms with Crippen LogP contribution in [0.3, 0.4) is 0 Å². The normalized spacial score (nSPS) is 10.1. The van der Waals surface area contributed by atoms with E-state index in [0.717, 1.165) is 4.47 Å². The molecule has 0 fully saturated rings. The minimum absolute atomic E-state index is 0.142. The van der Waals surface area contributed by atoms with E-state index in [1.54, 1.807) is 18.2 Å². The lowest BCUT2D eigenvalue weighted by Gasteiger charge is -2.09. The van der Waals surface area contributed by atoms with Crippen molar-refractivity contribution in [1.29, 1.82) is 0 Å². The van der Waals surface area contributed by atoms with Crippen LogP contribution < -0.4 is 4.74 Å². The van der Waals surface area contributed by atoms with Crippen LogP contribution in [0.15, 0.2) is 46.9 Å². The Balaban J connectivity index is 2.41. The number of carbonyl (C=O) groups excluding carboxylic acids is 1. The number of hydrogen-bond donors (Lipinski definition) is 0. The summed E-state index contributed by atoms with van der Waals surface area (Å²) >= 11 is 3.32. The van der Waals surface area contributed by atoms with E-state index in [1.165, 1.54) is 25.1 Å². The molecule has 102 valence electrons. The molecule has 0 heterocycles. The second kappa shape index (κ2) is 5.83. The summed E-state index contributed by atoms with van der Waals surface area (Å²) in [6.45, 7) is 1.34. The first-order valence-corrected chi connectivity index (χ1v) is 6.49. The molecule has 0 aliphatic heterocycles. The summed E-state index contributed by atoms with van der Waals surface area (Å²) in [6, 6.07) is 11.1. The Hall–Kier alpha value is -2.21. The summed E-state index contributed by atoms with van der Waals surface area (Å²) in [5.41, 5.74) is 0.0379. The Bertz CT molecular complexity index is 685. The molecule has 5 nitrogen and oxygen atoms in total. The van der Waals surface area contributed by atoms with Crippen molar-refractivity contribution >= 4 is 27.4 Å². The molecule has 0 amide bonds. The van der Waals surface area contributed by atoms with Crippen molar-refractivity contribution in [2.24, 2.45) is 0 Å². The number of rotatable bonds is 4. The number of nitro benzene ring substituents is 1. The third kappa shape index (κ3) is 3.21. The molecule has 2 aromatic carbocycles. The van der Waals surface area contributed by atoms with Crippen molar-refractivity contribution in [2.45, 2.75) is 6.92 Å². The Morgan fingerprint density at radius 2 is 2.00 bits per heavy atom. The lowest BCUT2D eigenvalue weighted by atomic mass is 10.1. The van der Waals surface area contributed by atoms with Gasteiger partial charge in [-0.05, 0) is 31.2 Å². The van der Waals surface area contributed by atoms with Crippen LogP contribution in [-0.2, 0) is 0 Å². The fourth-order valence-corrected chi connectivity index (χ4v) is 2.03. The second-order valence-corrected chi connectivity index (χ2v) is 4.97. The van der Waals surface area contributed by atoms with Crippen LogP contribution in [0, 0.1) is 10.1 Å². The predicted molar refractivity (Wildman–Crippen MR) is 77.3 cm³/mol. The molecule has 0 aromatic heterocycles. The van der Waals surface area contributed by atoms with Gasteiger partial charge in [0.1, 0.15) is 11.5 Å². The van der Waals surface area contributed by atoms with E-state index in [2.05, 4.69) is 15.9 Å². The molecule has 0 saturated carbocycles. The zero-order valence-electron chi connectivity index (χ0n) is 10.5. The van der Waals surface area contributed by atoms with Crippen LogP contribution in [0.1, 0.15) is 17.3 Å². The molecule has 6 heteroatoms. The SMILES string of the molecule is CC(=O)c1cc([N+](=O)[O-])ccc1Oc1cccc(Br)c1. The average molecular weight is 336 g/mol. The van der Waals surface area contributed by atoms with Gasteiger partial charge < -0.3 is 4.74 Å². The van der Waals surface area contributed by atoms with Crippen molar-refractivity contribution in [1.82, 2.24) is 0 Å². The molecule has 0 unspecified atom stereocenters. The molecule has 20 heavy (non-hydrogen) atoms. The number of Topliss-reactive ketones (excluding diaryl/α,β-unsaturated/α-hetero) is 1. The maximum Gasteiger partial charge on any atom is 0.270 e. The van der Waals surface area contributed by atoms with Crippen LogP contribution in [-0.4, -0.2) is 10.7 Å². The van der Waals surface area contributed by atoms with Crippen LogP contribution in [0.4, 0.5) is 5.69 Å². The number of benzene rings is 2. The zero-order chi connectivity index (χ0) is 14.7. The van der Waals surface area contributed by atoms with Gasteiger partial charge in [-0.3, -0.25) is 14.9 Å². The van der Waals surface area contributed by atoms with E-state index in [9.17, 15) is 14.9 Å². The molecule has 0 saturated heterocycles. The lowest BCUT2D eigenvalue weighted by molar-refractivity contribution is -0.384. The van der Waals surface area contributed by atoms with Crippen molar-refractivity contribution in [3.63, 3.8) is 0 Å². The number of hydrogen-bond acceptors (Lipinski definition) is 4. The summed E-state index contributed by atoms with van der Waals surface area (Å²) in [5, 5.41) is 10.7. The van der Waals surface area contributed by atoms with Gasteiger partial charge in [0.2, 0.25) is 0 Å². The third-order valence-electron chi connectivity index (χ3n) is 2.58. The van der Waals surface area contributed by atoms with Crippen molar-refractivity contribution in [3.8, 4) is 11.5 Å². The van der Waals surface area contributed by atoms with Crippen LogP contribution in [0.25, 0.3) is 0 Å². The third-order valence-corrected chi connectivity index (χ3v) is 3.07. The predicted octanol–water partition coefficient (Wildman–Crippen LogP) is 4.35. The number of ether oxygens (including phenoxy) is 1. The molecular formula is C14H10BrNO4. The van der Waals surface area contributed by atoms with E-state index in [-0.39, 0.29) is 17.0 Å². The summed E-state index contributed by atoms with van der Waals surface area (Å²) in [7, 11) is 0. The molecule has 0 spiro atoms. The molecule has 0 aliphatic carbocycles. The maximum absolute atomic E-state index is 11.6. The number of halogens is 1. The molecule has 2 aromatic rings. The monoisotopic (exact) mass is 335 g/mol. The number of nitrogens with zero attached hydrogens (tertiary/aromatic N) is 1. The van der Waals surface area contributed by atoms with E-state index in [1.807, 2.05) is 6.07 Å². The van der Waals surface area contributed by atoms with Crippen molar-refractivity contribution in [3.05, 3.63) is 62.6 Å². The highest BCUT2D eigenvalue weighted by Gasteiger charge is 2.15. The molecule has 0 radical (unpaired) electrons. The lowest BCUT2D eigenvalue weighted by Crippen LogP contribution is -1.99. The zero-order valence-corrected chi connectivity index (χ0v) is 12.1. The fourth-order valence-electron chi connectivity index (χ4n) is 1.65. The van der Waals surface area contributed by atoms with Gasteiger partial charge in [-0.2, -0.15) is 0 Å². The van der Waals surface area contributed by atoms with Gasteiger partial charge in [0.05, 0.1) is 10.5 Å². The van der Waals surface area contributed by atoms with Gasteiger partial charge in [-0.1, -0.05) is 22.0 Å². The summed E-state index contributed by atoms with van der Waals surface area (Å²) < 4.78 is 6.45. The standard InChI is InChI=1S/C14H10BrNO4/c1-9(17)13-8-11(16(18)19)5-6-14(13)20-12-4-2-3-10(15)7-12/h2-8H,1H3. The quantitative estimate of drug-likeness (QED) is 0.473. The molecule has 0 N–H and O–H groups in total. The first kappa shape index (κ1) is 14.2. The van der Waals surface area contributed by atoms with E-state index >= 15 is 0 Å². The van der Waals surface area contributed by atoms with Gasteiger partial charge in [0.25, 0.3) is 5.69 Å². The molecule has 2 rings (SSSR count). The number of carbonyl (C=O) groups is 1. The Labute approximate surface area is 123 Å². The minimum atomic E-state index is -0.546. The average Bonchev–Trinajstić information content (AvgIpc) is 2.38. The second-order valence-electron chi connectivity index (χ2n) is 4.05. The molecular weight excluding hydrogens is 326 g/mol. The molecule has 0 atom stereocenters. The Morgan fingerprint density at radius 3 is 2.60 bits per heavy atom. The first-order valence-electron chi connectivity index (χ1n) is 5.70. The van der Waals surface area contributed by atoms with Gasteiger partial charge in [0.15, 0.2) is 5.78 Å². The van der Waals surface area contributed by atoms with Crippen molar-refractivity contribution in [2.75, 3.05) is 0 Å². The Kier molecular flexibility index (Phi) is 4.14.